The molecule has 0 saturated heterocycles. The van der Waals surface area contributed by atoms with Crippen LogP contribution in [-0.2, 0) is 15.6 Å². The second-order valence-corrected chi connectivity index (χ2v) is 11.2. The lowest BCUT2D eigenvalue weighted by atomic mass is 10.1. The van der Waals surface area contributed by atoms with E-state index in [-0.39, 0.29) is 0 Å². The average Bonchev–Trinajstić information content (AvgIpc) is 3.35. The second kappa shape index (κ2) is 8.45. The molecular formula is C21H24N2O2S3. The molecule has 1 aliphatic rings. The van der Waals surface area contributed by atoms with E-state index in [1.807, 2.05) is 35.4 Å². The molecule has 0 atom stereocenters. The molecule has 3 heterocycles. The van der Waals surface area contributed by atoms with Crippen LogP contribution in [0.5, 0.6) is 0 Å². The number of H-pyrrole nitrogens is 1. The van der Waals surface area contributed by atoms with Crippen LogP contribution in [0.15, 0.2) is 52.9 Å². The lowest BCUT2D eigenvalue weighted by Crippen LogP contribution is -2.30. The van der Waals surface area contributed by atoms with E-state index < -0.39 is 9.84 Å². The lowest BCUT2D eigenvalue weighted by Gasteiger charge is -2.25. The zero-order valence-electron chi connectivity index (χ0n) is 15.8. The Morgan fingerprint density at radius 1 is 1.29 bits per heavy atom. The molecule has 28 heavy (non-hydrogen) atoms. The first kappa shape index (κ1) is 19.8. The fourth-order valence-electron chi connectivity index (χ4n) is 3.49. The van der Waals surface area contributed by atoms with Crippen LogP contribution in [0, 0.1) is 0 Å². The Kier molecular flexibility index (Phi) is 5.96. The molecule has 1 aliphatic heterocycles. The molecule has 0 unspecified atom stereocenters. The summed E-state index contributed by atoms with van der Waals surface area (Å²) in [6, 6.07) is 9.67. The number of nitrogens with zero attached hydrogens (tertiary/aromatic N) is 1. The zero-order chi connectivity index (χ0) is 19.6. The van der Waals surface area contributed by atoms with Crippen LogP contribution in [-0.4, -0.2) is 49.9 Å². The van der Waals surface area contributed by atoms with Gasteiger partial charge in [-0.3, -0.25) is 4.90 Å². The number of nitrogens with one attached hydrogen (secondary N) is 1. The van der Waals surface area contributed by atoms with Crippen molar-refractivity contribution in [1.82, 2.24) is 9.88 Å². The first-order valence-corrected chi connectivity index (χ1v) is 13.3. The molecule has 0 aliphatic carbocycles. The smallest absolute Gasteiger partial charge is 0.175 e. The fourth-order valence-corrected chi connectivity index (χ4v) is 5.93. The number of fused-ring (bicyclic) bond motifs is 1. The summed E-state index contributed by atoms with van der Waals surface area (Å²) in [4.78, 5) is 7.50. The Labute approximate surface area is 174 Å². The van der Waals surface area contributed by atoms with Gasteiger partial charge in [0.2, 0.25) is 0 Å². The number of thiophene rings is 1. The first-order chi connectivity index (χ1) is 13.5. The summed E-state index contributed by atoms with van der Waals surface area (Å²) in [6.07, 6.45) is 6.75. The number of benzene rings is 1. The van der Waals surface area contributed by atoms with Crippen molar-refractivity contribution in [2.45, 2.75) is 17.1 Å². The topological polar surface area (TPSA) is 53.2 Å². The summed E-state index contributed by atoms with van der Waals surface area (Å²) in [5.41, 5.74) is 3.62. The van der Waals surface area contributed by atoms with E-state index >= 15 is 0 Å². The average molecular weight is 433 g/mol. The summed E-state index contributed by atoms with van der Waals surface area (Å²) in [6.45, 7) is 3.26. The molecule has 0 amide bonds. The molecule has 4 rings (SSSR count). The second-order valence-electron chi connectivity index (χ2n) is 7.10. The molecular weight excluding hydrogens is 408 g/mol. The fraction of sp³-hybridized carbons (Fsp3) is 0.333. The number of thioether (sulfide) groups is 1. The van der Waals surface area contributed by atoms with Crippen LogP contribution >= 0.6 is 23.1 Å². The minimum atomic E-state index is -3.17. The van der Waals surface area contributed by atoms with Gasteiger partial charge in [0, 0.05) is 59.4 Å². The quantitative estimate of drug-likeness (QED) is 0.552. The third kappa shape index (κ3) is 4.54. The highest BCUT2D eigenvalue weighted by Gasteiger charge is 2.14. The molecule has 0 fully saturated rings. The minimum Gasteiger partial charge on any atom is -0.361 e. The highest BCUT2D eigenvalue weighted by Crippen LogP contribution is 2.27. The van der Waals surface area contributed by atoms with E-state index in [0.717, 1.165) is 48.5 Å². The van der Waals surface area contributed by atoms with Gasteiger partial charge in [0.05, 0.1) is 4.90 Å². The van der Waals surface area contributed by atoms with Crippen molar-refractivity contribution in [2.24, 2.45) is 0 Å². The van der Waals surface area contributed by atoms with Gasteiger partial charge in [-0.1, -0.05) is 18.2 Å². The van der Waals surface area contributed by atoms with Gasteiger partial charge < -0.3 is 4.98 Å². The Morgan fingerprint density at radius 2 is 2.18 bits per heavy atom. The predicted octanol–water partition coefficient (Wildman–Crippen LogP) is 4.66. The highest BCUT2D eigenvalue weighted by atomic mass is 32.2. The Hall–Kier alpha value is -1.54. The molecule has 0 radical (unpaired) electrons. The summed E-state index contributed by atoms with van der Waals surface area (Å²) < 4.78 is 23.4. The monoisotopic (exact) mass is 432 g/mol. The van der Waals surface area contributed by atoms with Crippen molar-refractivity contribution < 1.29 is 8.42 Å². The largest absolute Gasteiger partial charge is 0.361 e. The van der Waals surface area contributed by atoms with Crippen molar-refractivity contribution in [3.8, 4) is 0 Å². The molecule has 0 saturated carbocycles. The zero-order valence-corrected chi connectivity index (χ0v) is 18.3. The van der Waals surface area contributed by atoms with Gasteiger partial charge in [-0.15, -0.1) is 11.3 Å². The lowest BCUT2D eigenvalue weighted by molar-refractivity contribution is 0.321. The van der Waals surface area contributed by atoms with Crippen LogP contribution in [0.25, 0.3) is 16.5 Å². The molecule has 3 aromatic rings. The first-order valence-electron chi connectivity index (χ1n) is 9.34. The van der Waals surface area contributed by atoms with Crippen molar-refractivity contribution in [3.05, 3.63) is 58.4 Å². The molecule has 7 heteroatoms. The molecule has 2 aromatic heterocycles. The number of hydrogen-bond donors (Lipinski definition) is 1. The van der Waals surface area contributed by atoms with Crippen LogP contribution in [0.3, 0.4) is 0 Å². The van der Waals surface area contributed by atoms with Crippen molar-refractivity contribution in [2.75, 3.05) is 31.6 Å². The standard InChI is InChI=1S/C21H24N2O2S3/c1-28(24,25)18-4-5-19-17(14-22-20(19)13-18)15-26-12-10-23-8-6-16(7-9-23)21-3-2-11-27-21/h2-6,11,13-14,22H,7-10,12,15H2,1H3. The van der Waals surface area contributed by atoms with Crippen LogP contribution < -0.4 is 0 Å². The van der Waals surface area contributed by atoms with E-state index in [1.165, 1.54) is 22.3 Å². The summed E-state index contributed by atoms with van der Waals surface area (Å²) in [7, 11) is -3.17. The van der Waals surface area contributed by atoms with Gasteiger partial charge in [-0.05, 0) is 41.1 Å². The third-order valence-electron chi connectivity index (χ3n) is 5.11. The van der Waals surface area contributed by atoms with Crippen molar-refractivity contribution >= 4 is 49.4 Å². The van der Waals surface area contributed by atoms with Gasteiger partial charge in [0.1, 0.15) is 0 Å². The molecule has 4 nitrogen and oxygen atoms in total. The number of aromatic nitrogens is 1. The summed E-state index contributed by atoms with van der Waals surface area (Å²) in [5.74, 6) is 2.03. The Balaban J connectivity index is 1.28. The van der Waals surface area contributed by atoms with E-state index in [2.05, 4.69) is 33.5 Å². The summed E-state index contributed by atoms with van der Waals surface area (Å²) >= 11 is 3.76. The van der Waals surface area contributed by atoms with Gasteiger partial charge in [0.15, 0.2) is 9.84 Å². The number of sulfone groups is 1. The minimum absolute atomic E-state index is 0.362. The molecule has 0 bridgehead atoms. The van der Waals surface area contributed by atoms with E-state index in [1.54, 1.807) is 12.1 Å². The van der Waals surface area contributed by atoms with Gasteiger partial charge in [-0.25, -0.2) is 8.42 Å². The SMILES string of the molecule is CS(=O)(=O)c1ccc2c(CSCCN3CC=C(c4cccs4)CC3)c[nH]c2c1. The van der Waals surface area contributed by atoms with Gasteiger partial charge >= 0.3 is 0 Å². The van der Waals surface area contributed by atoms with E-state index in [9.17, 15) is 8.42 Å². The third-order valence-corrected chi connectivity index (χ3v) is 8.15. The maximum Gasteiger partial charge on any atom is 0.175 e. The maximum absolute atomic E-state index is 11.7. The molecule has 1 aromatic carbocycles. The molecule has 1 N–H and O–H groups in total. The maximum atomic E-state index is 11.7. The van der Waals surface area contributed by atoms with E-state index in [4.69, 9.17) is 0 Å². The molecule has 148 valence electrons. The normalized spacial score (nSPS) is 15.8. The van der Waals surface area contributed by atoms with Crippen LogP contribution in [0.2, 0.25) is 0 Å². The van der Waals surface area contributed by atoms with E-state index in [0.29, 0.717) is 4.90 Å². The van der Waals surface area contributed by atoms with Gasteiger partial charge in [0.25, 0.3) is 0 Å². The van der Waals surface area contributed by atoms with Gasteiger partial charge in [-0.2, -0.15) is 11.8 Å². The number of rotatable bonds is 7. The number of aromatic amines is 1. The van der Waals surface area contributed by atoms with Crippen LogP contribution in [0.4, 0.5) is 0 Å². The predicted molar refractivity (Wildman–Crippen MR) is 121 cm³/mol. The highest BCUT2D eigenvalue weighted by molar-refractivity contribution is 7.98. The summed E-state index contributed by atoms with van der Waals surface area (Å²) in [5, 5.41) is 3.26. The van der Waals surface area contributed by atoms with Crippen molar-refractivity contribution in [3.63, 3.8) is 0 Å². The molecule has 0 spiro atoms. The Morgan fingerprint density at radius 3 is 2.89 bits per heavy atom. The van der Waals surface area contributed by atoms with Crippen LogP contribution in [0.1, 0.15) is 16.9 Å². The Bertz CT molecular complexity index is 1080. The van der Waals surface area contributed by atoms with Crippen molar-refractivity contribution in [1.29, 1.82) is 0 Å². The number of hydrogen-bond acceptors (Lipinski definition) is 5.